The van der Waals surface area contributed by atoms with Crippen molar-refractivity contribution in [3.8, 4) is 11.3 Å². The smallest absolute Gasteiger partial charge is 0.423 e. The van der Waals surface area contributed by atoms with Crippen molar-refractivity contribution in [3.05, 3.63) is 41.9 Å². The number of hydrogen-bond acceptors (Lipinski definition) is 4. The van der Waals surface area contributed by atoms with Crippen molar-refractivity contribution < 1.29 is 18.8 Å². The van der Waals surface area contributed by atoms with Gasteiger partial charge >= 0.3 is 7.12 Å². The van der Waals surface area contributed by atoms with E-state index in [-0.39, 0.29) is 16.7 Å². The van der Waals surface area contributed by atoms with Gasteiger partial charge in [0.1, 0.15) is 0 Å². The molecule has 110 valence electrons. The average Bonchev–Trinajstić information content (AvgIpc) is 2.37. The molecule has 7 heteroatoms. The molecule has 4 nitrogen and oxygen atoms in total. The van der Waals surface area contributed by atoms with Crippen LogP contribution in [0.15, 0.2) is 24.4 Å². The lowest BCUT2D eigenvalue weighted by atomic mass is 9.80. The monoisotopic (exact) mass is 292 g/mol. The topological polar surface area (TPSA) is 66.2 Å². The first-order valence-electron chi connectivity index (χ1n) is 6.39. The van der Waals surface area contributed by atoms with Gasteiger partial charge in [-0.15, -0.1) is 0 Å². The lowest BCUT2D eigenvalue weighted by molar-refractivity contribution is 0.420. The number of rotatable bonds is 2. The third-order valence-corrected chi connectivity index (χ3v) is 3.14. The van der Waals surface area contributed by atoms with Crippen LogP contribution >= 0.6 is 0 Å². The highest BCUT2D eigenvalue weighted by molar-refractivity contribution is 6.58. The van der Waals surface area contributed by atoms with Crippen LogP contribution in [0.3, 0.4) is 0 Å². The minimum absolute atomic E-state index is 0.0781. The van der Waals surface area contributed by atoms with Gasteiger partial charge in [0.2, 0.25) is 11.9 Å². The van der Waals surface area contributed by atoms with E-state index in [4.69, 9.17) is 10.0 Å². The second-order valence-electron chi connectivity index (χ2n) is 5.76. The summed E-state index contributed by atoms with van der Waals surface area (Å²) in [6.07, 6.45) is 1.52. The highest BCUT2D eigenvalue weighted by Gasteiger charge is 2.23. The Morgan fingerprint density at radius 1 is 1.10 bits per heavy atom. The summed E-state index contributed by atoms with van der Waals surface area (Å²) >= 11 is 0. The van der Waals surface area contributed by atoms with Crippen LogP contribution in [0.1, 0.15) is 26.3 Å². The largest absolute Gasteiger partial charge is 0.493 e. The molecular weight excluding hydrogens is 277 g/mol. The fourth-order valence-electron chi connectivity index (χ4n) is 1.89. The maximum atomic E-state index is 13.9. The first kappa shape index (κ1) is 15.5. The van der Waals surface area contributed by atoms with E-state index in [2.05, 4.69) is 9.97 Å². The van der Waals surface area contributed by atoms with Crippen LogP contribution in [0.4, 0.5) is 8.78 Å². The summed E-state index contributed by atoms with van der Waals surface area (Å²) in [5.41, 5.74) is 0.442. The van der Waals surface area contributed by atoms with E-state index in [0.29, 0.717) is 0 Å². The van der Waals surface area contributed by atoms with Gasteiger partial charge < -0.3 is 10.0 Å². The minimum atomic E-state index is -2.07. The second kappa shape index (κ2) is 5.50. The molecule has 2 N–H and O–H groups in total. The van der Waals surface area contributed by atoms with Crippen LogP contribution in [0.2, 0.25) is 0 Å². The van der Waals surface area contributed by atoms with Gasteiger partial charge in [0.25, 0.3) is 0 Å². The maximum Gasteiger partial charge on any atom is 0.493 e. The number of hydrogen-bond donors (Lipinski definition) is 2. The highest BCUT2D eigenvalue weighted by atomic mass is 19.1. The third-order valence-electron chi connectivity index (χ3n) is 3.14. The van der Waals surface area contributed by atoms with Crippen LogP contribution in [-0.2, 0) is 5.41 Å². The molecule has 0 radical (unpaired) electrons. The Morgan fingerprint density at radius 2 is 1.76 bits per heavy atom. The number of nitrogens with zero attached hydrogens (tertiary/aromatic N) is 2. The summed E-state index contributed by atoms with van der Waals surface area (Å²) in [4.78, 5) is 7.12. The molecule has 0 aromatic carbocycles. The summed E-state index contributed by atoms with van der Waals surface area (Å²) in [7, 11) is -2.07. The Balaban J connectivity index is 2.59. The molecule has 0 amide bonds. The molecule has 2 aromatic heterocycles. The summed E-state index contributed by atoms with van der Waals surface area (Å²) < 4.78 is 27.2. The van der Waals surface area contributed by atoms with Crippen LogP contribution in [-0.4, -0.2) is 27.1 Å². The molecule has 0 unspecified atom stereocenters. The Labute approximate surface area is 121 Å². The summed E-state index contributed by atoms with van der Waals surface area (Å²) in [6.45, 7) is 5.98. The molecule has 0 aliphatic carbocycles. The van der Waals surface area contributed by atoms with E-state index in [1.807, 2.05) is 20.8 Å². The molecule has 0 atom stereocenters. The van der Waals surface area contributed by atoms with Crippen molar-refractivity contribution in [3.63, 3.8) is 0 Å². The molecular formula is C14H15BF2N2O2. The van der Waals surface area contributed by atoms with Gasteiger partial charge in [-0.05, 0) is 29.2 Å². The van der Waals surface area contributed by atoms with Gasteiger partial charge in [-0.1, -0.05) is 20.8 Å². The predicted octanol–water partition coefficient (Wildman–Crippen LogP) is 1.40. The van der Waals surface area contributed by atoms with Crippen molar-refractivity contribution in [2.24, 2.45) is 0 Å². The van der Waals surface area contributed by atoms with E-state index in [0.717, 1.165) is 11.6 Å². The van der Waals surface area contributed by atoms with Crippen LogP contribution in [0.25, 0.3) is 11.3 Å². The zero-order valence-corrected chi connectivity index (χ0v) is 11.9. The second-order valence-corrected chi connectivity index (χ2v) is 5.76. The fraction of sp³-hybridized carbons (Fsp3) is 0.286. The van der Waals surface area contributed by atoms with Crippen LogP contribution in [0.5, 0.6) is 0 Å². The predicted molar refractivity (Wildman–Crippen MR) is 75.9 cm³/mol. The molecule has 0 saturated heterocycles. The van der Waals surface area contributed by atoms with E-state index in [1.165, 1.54) is 6.20 Å². The summed E-state index contributed by atoms with van der Waals surface area (Å²) in [6, 6.07) is 4.49. The molecule has 2 rings (SSSR count). The zero-order chi connectivity index (χ0) is 15.8. The lowest BCUT2D eigenvalue weighted by Gasteiger charge is -2.19. The van der Waals surface area contributed by atoms with Crippen LogP contribution < -0.4 is 5.46 Å². The number of pyridine rings is 2. The van der Waals surface area contributed by atoms with Crippen molar-refractivity contribution >= 4 is 12.6 Å². The first-order valence-corrected chi connectivity index (χ1v) is 6.39. The zero-order valence-electron chi connectivity index (χ0n) is 11.9. The number of halogens is 2. The third kappa shape index (κ3) is 3.25. The quantitative estimate of drug-likeness (QED) is 0.648. The van der Waals surface area contributed by atoms with E-state index in [9.17, 15) is 8.78 Å². The molecule has 0 saturated carbocycles. The standard InChI is InChI=1S/C14H15BF2N2O2/c1-14(2,3)8-4-5-18-11(6-8)9-7-10(15(20)21)13(17)19-12(9)16/h4-7,20-21H,1-3H3. The van der Waals surface area contributed by atoms with Gasteiger partial charge in [0, 0.05) is 11.7 Å². The van der Waals surface area contributed by atoms with E-state index in [1.54, 1.807) is 12.1 Å². The van der Waals surface area contributed by atoms with E-state index < -0.39 is 24.5 Å². The molecule has 0 bridgehead atoms. The van der Waals surface area contributed by atoms with E-state index >= 15 is 0 Å². The van der Waals surface area contributed by atoms with Crippen molar-refractivity contribution in [2.75, 3.05) is 0 Å². The van der Waals surface area contributed by atoms with Gasteiger partial charge in [-0.3, -0.25) is 4.98 Å². The van der Waals surface area contributed by atoms with Crippen LogP contribution in [0, 0.1) is 11.9 Å². The summed E-state index contributed by atoms with van der Waals surface area (Å²) in [5, 5.41) is 18.2. The highest BCUT2D eigenvalue weighted by Crippen LogP contribution is 2.26. The first-order chi connectivity index (χ1) is 9.70. The average molecular weight is 292 g/mol. The Hall–Kier alpha value is -1.86. The van der Waals surface area contributed by atoms with Crippen molar-refractivity contribution in [2.45, 2.75) is 26.2 Å². The minimum Gasteiger partial charge on any atom is -0.423 e. The lowest BCUT2D eigenvalue weighted by Crippen LogP contribution is -2.34. The van der Waals surface area contributed by atoms with Crippen molar-refractivity contribution in [1.82, 2.24) is 9.97 Å². The SMILES string of the molecule is CC(C)(C)c1ccnc(-c2cc(B(O)O)c(F)nc2F)c1. The molecule has 0 spiro atoms. The van der Waals surface area contributed by atoms with Gasteiger partial charge in [0.15, 0.2) is 0 Å². The molecule has 0 aliphatic rings. The number of aromatic nitrogens is 2. The molecule has 2 aromatic rings. The van der Waals surface area contributed by atoms with Gasteiger partial charge in [0.05, 0.1) is 11.3 Å². The molecule has 0 fully saturated rings. The fourth-order valence-corrected chi connectivity index (χ4v) is 1.89. The Morgan fingerprint density at radius 3 is 2.33 bits per heavy atom. The molecule has 2 heterocycles. The molecule has 21 heavy (non-hydrogen) atoms. The summed E-state index contributed by atoms with van der Waals surface area (Å²) in [5.74, 6) is -2.30. The maximum absolute atomic E-state index is 13.9. The normalized spacial score (nSPS) is 11.6. The van der Waals surface area contributed by atoms with Crippen molar-refractivity contribution in [1.29, 1.82) is 0 Å². The molecule has 0 aliphatic heterocycles. The Bertz CT molecular complexity index is 673. The Kier molecular flexibility index (Phi) is 4.07. The van der Waals surface area contributed by atoms with Gasteiger partial charge in [-0.25, -0.2) is 0 Å². The van der Waals surface area contributed by atoms with Gasteiger partial charge in [-0.2, -0.15) is 13.8 Å².